The number of carbonyl (C=O) groups excluding carboxylic acids is 1. The van der Waals surface area contributed by atoms with Gasteiger partial charge in [0.15, 0.2) is 5.84 Å². The average Bonchev–Trinajstić information content (AvgIpc) is 1.85. The second kappa shape index (κ2) is 2.57. The zero-order valence-corrected chi connectivity index (χ0v) is 6.09. The third kappa shape index (κ3) is 1.29. The number of nitrogens with one attached hydrogen (secondary N) is 1. The molecule has 0 saturated heterocycles. The molecule has 4 nitrogen and oxygen atoms in total. The summed E-state index contributed by atoms with van der Waals surface area (Å²) < 4.78 is 0. The van der Waals surface area contributed by atoms with Crippen LogP contribution in [0.4, 0.5) is 0 Å². The molecule has 0 bridgehead atoms. The first-order valence-electron chi connectivity index (χ1n) is 3.10. The number of carbonyl (C=O) groups is 1. The molecular weight excluding hydrogens is 142 g/mol. The number of hydrogen-bond acceptors (Lipinski definition) is 2. The number of allylic oxidation sites excluding steroid dienone is 2. The molecule has 1 heterocycles. The number of nitrogens with zero attached hydrogens (tertiary/aromatic N) is 1. The van der Waals surface area contributed by atoms with Crippen molar-refractivity contribution >= 4 is 11.7 Å². The van der Waals surface area contributed by atoms with E-state index in [9.17, 15) is 4.79 Å². The number of rotatable bonds is 1. The maximum atomic E-state index is 10.7. The fourth-order valence-electron chi connectivity index (χ4n) is 0.869. The van der Waals surface area contributed by atoms with Gasteiger partial charge in [0.1, 0.15) is 0 Å². The maximum absolute atomic E-state index is 10.7. The van der Waals surface area contributed by atoms with Gasteiger partial charge in [-0.05, 0) is 18.6 Å². The van der Waals surface area contributed by atoms with Crippen LogP contribution >= 0.6 is 0 Å². The summed E-state index contributed by atoms with van der Waals surface area (Å²) in [7, 11) is 0. The molecule has 1 aliphatic rings. The fourth-order valence-corrected chi connectivity index (χ4v) is 0.869. The van der Waals surface area contributed by atoms with E-state index in [2.05, 4.69) is 5.32 Å². The summed E-state index contributed by atoms with van der Waals surface area (Å²) in [5, 5.41) is 10.9. The van der Waals surface area contributed by atoms with E-state index in [4.69, 9.17) is 11.1 Å². The van der Waals surface area contributed by atoms with Crippen LogP contribution in [0.15, 0.2) is 23.4 Å². The first-order chi connectivity index (χ1) is 5.13. The van der Waals surface area contributed by atoms with E-state index in [0.717, 1.165) is 0 Å². The molecule has 0 aliphatic carbocycles. The molecule has 0 fully saturated rings. The second-order valence-corrected chi connectivity index (χ2v) is 2.22. The minimum atomic E-state index is -0.597. The molecule has 0 atom stereocenters. The van der Waals surface area contributed by atoms with Gasteiger partial charge in [-0.25, -0.2) is 5.32 Å². The lowest BCUT2D eigenvalue weighted by atomic mass is 10.1. The minimum Gasteiger partial charge on any atom is -0.365 e. The number of amidine groups is 1. The summed E-state index contributed by atoms with van der Waals surface area (Å²) in [5.74, 6) is -0.655. The summed E-state index contributed by atoms with van der Waals surface area (Å²) in [6.07, 6.45) is 3.13. The van der Waals surface area contributed by atoms with Crippen LogP contribution < -0.4 is 11.1 Å². The van der Waals surface area contributed by atoms with E-state index < -0.39 is 5.91 Å². The predicted molar refractivity (Wildman–Crippen MR) is 40.9 cm³/mol. The van der Waals surface area contributed by atoms with Crippen LogP contribution in [-0.2, 0) is 4.79 Å². The second-order valence-electron chi connectivity index (χ2n) is 2.22. The summed E-state index contributed by atoms with van der Waals surface area (Å²) >= 11 is 0. The van der Waals surface area contributed by atoms with Crippen molar-refractivity contribution < 1.29 is 4.79 Å². The third-order valence-corrected chi connectivity index (χ3v) is 1.41. The van der Waals surface area contributed by atoms with Crippen molar-refractivity contribution in [2.24, 2.45) is 5.73 Å². The van der Waals surface area contributed by atoms with Gasteiger partial charge in [-0.3, -0.25) is 10.2 Å². The summed E-state index contributed by atoms with van der Waals surface area (Å²) in [5.41, 5.74) is 5.91. The first-order valence-corrected chi connectivity index (χ1v) is 3.10. The molecule has 0 unspecified atom stereocenters. The minimum absolute atomic E-state index is 0.0579. The van der Waals surface area contributed by atoms with Crippen LogP contribution in [0.25, 0.3) is 0 Å². The van der Waals surface area contributed by atoms with Gasteiger partial charge in [0, 0.05) is 6.20 Å². The standard InChI is InChI=1S/C7H8N3O/c1-4-2-3-10-6(8)5(4)7(9)11/h2-3,8H,1H3,(H2,9,11). The Hall–Kier alpha value is -1.58. The van der Waals surface area contributed by atoms with Crippen molar-refractivity contribution in [3.63, 3.8) is 0 Å². The lowest BCUT2D eigenvalue weighted by Gasteiger charge is -2.09. The van der Waals surface area contributed by atoms with Crippen molar-refractivity contribution in [1.29, 1.82) is 5.41 Å². The normalized spacial score (nSPS) is 16.6. The van der Waals surface area contributed by atoms with E-state index >= 15 is 0 Å². The maximum Gasteiger partial charge on any atom is 0.252 e. The summed E-state index contributed by atoms with van der Waals surface area (Å²) in [6, 6.07) is 0. The highest BCUT2D eigenvalue weighted by molar-refractivity contribution is 6.20. The van der Waals surface area contributed by atoms with Crippen molar-refractivity contribution in [2.75, 3.05) is 0 Å². The molecule has 4 heteroatoms. The SMILES string of the molecule is CC1=C(C(N)=O)C(=N)[N]C=C1. The number of primary amides is 1. The molecule has 0 aromatic carbocycles. The van der Waals surface area contributed by atoms with E-state index in [-0.39, 0.29) is 11.4 Å². The van der Waals surface area contributed by atoms with Crippen molar-refractivity contribution in [3.8, 4) is 0 Å². The Bertz CT molecular complexity index is 275. The number of hydrogen-bond donors (Lipinski definition) is 2. The molecule has 1 aliphatic heterocycles. The highest BCUT2D eigenvalue weighted by atomic mass is 16.1. The Morgan fingerprint density at radius 3 is 2.73 bits per heavy atom. The van der Waals surface area contributed by atoms with Crippen LogP contribution in [0.2, 0.25) is 0 Å². The Morgan fingerprint density at radius 2 is 2.36 bits per heavy atom. The predicted octanol–water partition coefficient (Wildman–Crippen LogP) is -0.103. The molecule has 1 rings (SSSR count). The number of amides is 1. The first kappa shape index (κ1) is 7.53. The molecule has 0 saturated carbocycles. The average molecular weight is 150 g/mol. The molecule has 57 valence electrons. The van der Waals surface area contributed by atoms with Gasteiger partial charge < -0.3 is 5.73 Å². The van der Waals surface area contributed by atoms with Crippen molar-refractivity contribution in [3.05, 3.63) is 23.4 Å². The molecule has 0 aromatic rings. The highest BCUT2D eigenvalue weighted by Gasteiger charge is 2.16. The van der Waals surface area contributed by atoms with Gasteiger partial charge in [-0.2, -0.15) is 0 Å². The molecule has 0 aromatic heterocycles. The number of nitrogens with two attached hydrogens (primary N) is 1. The smallest absolute Gasteiger partial charge is 0.252 e. The zero-order chi connectivity index (χ0) is 8.43. The van der Waals surface area contributed by atoms with Crippen LogP contribution in [0.3, 0.4) is 0 Å². The van der Waals surface area contributed by atoms with Crippen LogP contribution in [-0.4, -0.2) is 11.7 Å². The van der Waals surface area contributed by atoms with Gasteiger partial charge in [-0.1, -0.05) is 0 Å². The summed E-state index contributed by atoms with van der Waals surface area (Å²) in [4.78, 5) is 10.7. The van der Waals surface area contributed by atoms with E-state index in [1.54, 1.807) is 13.0 Å². The lowest BCUT2D eigenvalue weighted by molar-refractivity contribution is -0.114. The molecule has 0 spiro atoms. The molecule has 3 N–H and O–H groups in total. The van der Waals surface area contributed by atoms with Gasteiger partial charge in [0.25, 0.3) is 5.91 Å². The fraction of sp³-hybridized carbons (Fsp3) is 0.143. The lowest BCUT2D eigenvalue weighted by Crippen LogP contribution is -2.27. The van der Waals surface area contributed by atoms with E-state index in [0.29, 0.717) is 5.57 Å². The van der Waals surface area contributed by atoms with Gasteiger partial charge in [-0.15, -0.1) is 0 Å². The Kier molecular flexibility index (Phi) is 1.76. The molecule has 1 radical (unpaired) electrons. The van der Waals surface area contributed by atoms with E-state index in [1.807, 2.05) is 0 Å². The van der Waals surface area contributed by atoms with Crippen molar-refractivity contribution in [1.82, 2.24) is 5.32 Å². The Morgan fingerprint density at radius 1 is 1.73 bits per heavy atom. The van der Waals surface area contributed by atoms with Crippen LogP contribution in [0.5, 0.6) is 0 Å². The quantitative estimate of drug-likeness (QED) is 0.537. The Labute approximate surface area is 64.3 Å². The van der Waals surface area contributed by atoms with E-state index in [1.165, 1.54) is 6.20 Å². The van der Waals surface area contributed by atoms with Crippen LogP contribution in [0.1, 0.15) is 6.92 Å². The largest absolute Gasteiger partial charge is 0.365 e. The van der Waals surface area contributed by atoms with Gasteiger partial charge >= 0.3 is 0 Å². The van der Waals surface area contributed by atoms with Gasteiger partial charge in [0.2, 0.25) is 0 Å². The molecule has 11 heavy (non-hydrogen) atoms. The monoisotopic (exact) mass is 150 g/mol. The Balaban J connectivity index is 3.11. The highest BCUT2D eigenvalue weighted by Crippen LogP contribution is 2.09. The summed E-state index contributed by atoms with van der Waals surface area (Å²) in [6.45, 7) is 1.72. The topological polar surface area (TPSA) is 81.0 Å². The third-order valence-electron chi connectivity index (χ3n) is 1.41. The molecule has 1 amide bonds. The zero-order valence-electron chi connectivity index (χ0n) is 6.09. The molecular formula is C7H8N3O. The van der Waals surface area contributed by atoms with Crippen LogP contribution in [0, 0.1) is 5.41 Å². The van der Waals surface area contributed by atoms with Crippen molar-refractivity contribution in [2.45, 2.75) is 6.92 Å². The van der Waals surface area contributed by atoms with Gasteiger partial charge in [0.05, 0.1) is 5.57 Å².